The van der Waals surface area contributed by atoms with Gasteiger partial charge in [0.15, 0.2) is 0 Å². The number of carbonyl (C=O) groups is 3. The number of allylic oxidation sites excluding steroid dienone is 1. The van der Waals surface area contributed by atoms with E-state index in [0.29, 0.717) is 49.7 Å². The number of ketones is 1. The van der Waals surface area contributed by atoms with Gasteiger partial charge in [-0.15, -0.1) is 0 Å². The first-order valence-corrected chi connectivity index (χ1v) is 12.8. The zero-order chi connectivity index (χ0) is 25.9. The highest BCUT2D eigenvalue weighted by molar-refractivity contribution is 5.98. The highest BCUT2D eigenvalue weighted by Crippen LogP contribution is 2.48. The first-order chi connectivity index (χ1) is 17.9. The molecule has 37 heavy (non-hydrogen) atoms. The molecule has 0 fully saturated rings. The molecule has 2 aromatic rings. The quantitative estimate of drug-likeness (QED) is 0.392. The molecule has 0 saturated heterocycles. The van der Waals surface area contributed by atoms with Crippen molar-refractivity contribution in [1.82, 2.24) is 0 Å². The summed E-state index contributed by atoms with van der Waals surface area (Å²) in [5, 5.41) is 11.5. The van der Waals surface area contributed by atoms with Crippen molar-refractivity contribution < 1.29 is 33.7 Å². The number of para-hydroxylation sites is 1. The Balaban J connectivity index is 1.58. The minimum atomic E-state index is -0.647. The smallest absolute Gasteiger partial charge is 0.342 e. The predicted octanol–water partition coefficient (Wildman–Crippen LogP) is 5.74. The van der Waals surface area contributed by atoms with Crippen LogP contribution in [-0.2, 0) is 14.3 Å². The molecule has 7 heteroatoms. The molecule has 0 saturated carbocycles. The Morgan fingerprint density at radius 3 is 2.68 bits per heavy atom. The number of Topliss-reactive ketones (excluding diaryl/α,β-unsaturated/α-hetero) is 1. The summed E-state index contributed by atoms with van der Waals surface area (Å²) in [6.07, 6.45) is 8.65. The van der Waals surface area contributed by atoms with Crippen LogP contribution in [0.3, 0.4) is 0 Å². The zero-order valence-corrected chi connectivity index (χ0v) is 20.8. The maximum atomic E-state index is 13.3. The molecule has 0 radical (unpaired) electrons. The molecule has 0 amide bonds. The first-order valence-electron chi connectivity index (χ1n) is 12.8. The Bertz CT molecular complexity index is 1300. The number of aromatic hydroxyl groups is 1. The van der Waals surface area contributed by atoms with Gasteiger partial charge < -0.3 is 19.3 Å². The van der Waals surface area contributed by atoms with E-state index in [1.165, 1.54) is 0 Å². The average Bonchev–Trinajstić information content (AvgIpc) is 2.87. The standard InChI is InChI=1S/C30H30O7/c1-18-8-7-12-22(31)11-4-2-3-10-20-15-25-28(29(33)27(20)30(34)36-18)23(16-26(32)37-25)21-14-19-9-5-6-13-24(19)35-17-21/h3,5-6,9-10,13-15,18,23,33H,2,4,7-8,11-12,16-17H2,1H3/b10-3+/t18-,23?/m0/s1. The van der Waals surface area contributed by atoms with Gasteiger partial charge in [0.1, 0.15) is 35.2 Å². The molecule has 0 aliphatic carbocycles. The molecule has 0 spiro atoms. The van der Waals surface area contributed by atoms with Crippen LogP contribution in [0.5, 0.6) is 17.2 Å². The number of rotatable bonds is 1. The fourth-order valence-corrected chi connectivity index (χ4v) is 5.17. The SMILES string of the molecule is C[C@H]1CCCC(=O)CCC/C=C/c2cc3c(c(O)c2C(=O)O1)C(C1=Cc2ccccc2OC1)CC(=O)O3. The summed E-state index contributed by atoms with van der Waals surface area (Å²) < 4.78 is 17.2. The Morgan fingerprint density at radius 2 is 1.81 bits per heavy atom. The van der Waals surface area contributed by atoms with Crippen LogP contribution in [-0.4, -0.2) is 35.5 Å². The number of esters is 2. The molecular formula is C30H30O7. The van der Waals surface area contributed by atoms with Gasteiger partial charge in [-0.1, -0.05) is 30.4 Å². The molecule has 3 heterocycles. The van der Waals surface area contributed by atoms with E-state index in [-0.39, 0.29) is 35.9 Å². The lowest BCUT2D eigenvalue weighted by atomic mass is 9.82. The van der Waals surface area contributed by atoms with E-state index in [1.807, 2.05) is 36.4 Å². The average molecular weight is 503 g/mol. The van der Waals surface area contributed by atoms with Crippen molar-refractivity contribution in [2.24, 2.45) is 0 Å². The Kier molecular flexibility index (Phi) is 7.12. The second-order valence-electron chi connectivity index (χ2n) is 9.82. The maximum absolute atomic E-state index is 13.3. The van der Waals surface area contributed by atoms with Crippen LogP contribution < -0.4 is 9.47 Å². The topological polar surface area (TPSA) is 99.1 Å². The molecule has 2 atom stereocenters. The molecule has 3 aliphatic rings. The third-order valence-electron chi connectivity index (χ3n) is 7.08. The number of cyclic esters (lactones) is 1. The van der Waals surface area contributed by atoms with Gasteiger partial charge in [0, 0.05) is 29.9 Å². The van der Waals surface area contributed by atoms with Gasteiger partial charge in [0.2, 0.25) is 0 Å². The number of benzene rings is 2. The van der Waals surface area contributed by atoms with E-state index in [1.54, 1.807) is 19.1 Å². The predicted molar refractivity (Wildman–Crippen MR) is 138 cm³/mol. The van der Waals surface area contributed by atoms with E-state index in [4.69, 9.17) is 14.2 Å². The van der Waals surface area contributed by atoms with Gasteiger partial charge in [0.25, 0.3) is 0 Å². The highest BCUT2D eigenvalue weighted by atomic mass is 16.5. The first kappa shape index (κ1) is 24.8. The van der Waals surface area contributed by atoms with Crippen LogP contribution in [0.4, 0.5) is 0 Å². The lowest BCUT2D eigenvalue weighted by Crippen LogP contribution is -2.26. The molecule has 0 aromatic heterocycles. The number of ether oxygens (including phenoxy) is 3. The number of phenols is 1. The molecular weight excluding hydrogens is 472 g/mol. The molecule has 0 bridgehead atoms. The van der Waals surface area contributed by atoms with E-state index in [0.717, 1.165) is 16.9 Å². The summed E-state index contributed by atoms with van der Waals surface area (Å²) in [6, 6.07) is 9.23. The molecule has 1 N–H and O–H groups in total. The lowest BCUT2D eigenvalue weighted by Gasteiger charge is -2.30. The number of fused-ring (bicyclic) bond motifs is 3. The Labute approximate surface area is 215 Å². The van der Waals surface area contributed by atoms with Crippen molar-refractivity contribution in [2.75, 3.05) is 6.61 Å². The van der Waals surface area contributed by atoms with Gasteiger partial charge in [-0.2, -0.15) is 0 Å². The molecule has 2 aromatic carbocycles. The van der Waals surface area contributed by atoms with Crippen molar-refractivity contribution in [1.29, 1.82) is 0 Å². The number of carbonyl (C=O) groups excluding carboxylic acids is 3. The minimum absolute atomic E-state index is 0.0199. The van der Waals surface area contributed by atoms with Crippen molar-refractivity contribution in [3.8, 4) is 17.2 Å². The van der Waals surface area contributed by atoms with Gasteiger partial charge in [-0.25, -0.2) is 4.79 Å². The third kappa shape index (κ3) is 5.31. The van der Waals surface area contributed by atoms with Crippen LogP contribution in [0, 0.1) is 0 Å². The Hall–Kier alpha value is -3.87. The monoisotopic (exact) mass is 502 g/mol. The lowest BCUT2D eigenvalue weighted by molar-refractivity contribution is -0.135. The Morgan fingerprint density at radius 1 is 1.00 bits per heavy atom. The van der Waals surface area contributed by atoms with Crippen LogP contribution in [0.15, 0.2) is 42.0 Å². The van der Waals surface area contributed by atoms with Gasteiger partial charge in [0.05, 0.1) is 12.5 Å². The third-order valence-corrected chi connectivity index (χ3v) is 7.08. The van der Waals surface area contributed by atoms with Crippen molar-refractivity contribution in [3.05, 3.63) is 64.2 Å². The summed E-state index contributed by atoms with van der Waals surface area (Å²) in [5.41, 5.74) is 2.55. The van der Waals surface area contributed by atoms with E-state index >= 15 is 0 Å². The second kappa shape index (κ2) is 10.6. The van der Waals surface area contributed by atoms with Crippen LogP contribution in [0.25, 0.3) is 12.2 Å². The minimum Gasteiger partial charge on any atom is -0.507 e. The molecule has 3 aliphatic heterocycles. The summed E-state index contributed by atoms with van der Waals surface area (Å²) in [4.78, 5) is 38.0. The summed E-state index contributed by atoms with van der Waals surface area (Å²) in [6.45, 7) is 2.04. The normalized spacial score (nSPS) is 23.2. The van der Waals surface area contributed by atoms with Crippen molar-refractivity contribution >= 4 is 29.9 Å². The molecule has 192 valence electrons. The van der Waals surface area contributed by atoms with Gasteiger partial charge in [-0.05, 0) is 62.0 Å². The van der Waals surface area contributed by atoms with Crippen molar-refractivity contribution in [2.45, 2.75) is 63.9 Å². The van der Waals surface area contributed by atoms with Gasteiger partial charge in [-0.3, -0.25) is 9.59 Å². The highest BCUT2D eigenvalue weighted by Gasteiger charge is 2.37. The van der Waals surface area contributed by atoms with E-state index in [2.05, 4.69) is 0 Å². The fourth-order valence-electron chi connectivity index (χ4n) is 5.17. The number of hydrogen-bond donors (Lipinski definition) is 1. The summed E-state index contributed by atoms with van der Waals surface area (Å²) in [5.74, 6) is -0.640. The van der Waals surface area contributed by atoms with Crippen molar-refractivity contribution in [3.63, 3.8) is 0 Å². The molecule has 7 nitrogen and oxygen atoms in total. The fraction of sp³-hybridized carbons (Fsp3) is 0.367. The van der Waals surface area contributed by atoms with Crippen LogP contribution in [0.2, 0.25) is 0 Å². The number of phenolic OH excluding ortho intramolecular Hbond substituents is 1. The van der Waals surface area contributed by atoms with E-state index in [9.17, 15) is 19.5 Å². The van der Waals surface area contributed by atoms with E-state index < -0.39 is 24.0 Å². The maximum Gasteiger partial charge on any atom is 0.342 e. The van der Waals surface area contributed by atoms with Crippen LogP contribution in [0.1, 0.15) is 84.8 Å². The molecule has 1 unspecified atom stereocenters. The largest absolute Gasteiger partial charge is 0.507 e. The number of hydrogen-bond acceptors (Lipinski definition) is 7. The summed E-state index contributed by atoms with van der Waals surface area (Å²) in [7, 11) is 0. The zero-order valence-electron chi connectivity index (χ0n) is 20.8. The molecule has 5 rings (SSSR count). The van der Waals surface area contributed by atoms with Gasteiger partial charge >= 0.3 is 11.9 Å². The van der Waals surface area contributed by atoms with Crippen LogP contribution >= 0.6 is 0 Å². The summed E-state index contributed by atoms with van der Waals surface area (Å²) >= 11 is 0. The second-order valence-corrected chi connectivity index (χ2v) is 9.82.